The van der Waals surface area contributed by atoms with Gasteiger partial charge >= 0.3 is 40.5 Å². The van der Waals surface area contributed by atoms with Crippen LogP contribution in [0.15, 0.2) is 12.7 Å². The van der Waals surface area contributed by atoms with Gasteiger partial charge in [0.2, 0.25) is 8.32 Å². The Hall–Kier alpha value is 0.0544. The average molecular weight is 459 g/mol. The molecule has 0 fully saturated rings. The number of esters is 1. The average Bonchev–Trinajstić information content (AvgIpc) is 2.27. The zero-order valence-electron chi connectivity index (χ0n) is 17.3. The van der Waals surface area contributed by atoms with Gasteiger partial charge in [-0.05, 0) is 52.4 Å². The van der Waals surface area contributed by atoms with E-state index in [4.69, 9.17) is 21.2 Å². The molecule has 8 nitrogen and oxygen atoms in total. The summed E-state index contributed by atoms with van der Waals surface area (Å²) >= 11 is 0. The van der Waals surface area contributed by atoms with Crippen molar-refractivity contribution in [3.63, 3.8) is 0 Å². The fourth-order valence-electron chi connectivity index (χ4n) is 2.71. The van der Waals surface area contributed by atoms with Gasteiger partial charge in [-0.2, -0.15) is 0 Å². The molecule has 0 radical (unpaired) electrons. The first-order valence-electron chi connectivity index (χ1n) is 8.33. The molecule has 26 heavy (non-hydrogen) atoms. The Labute approximate surface area is 162 Å². The van der Waals surface area contributed by atoms with Crippen LogP contribution in [0.4, 0.5) is 0 Å². The Bertz CT molecular complexity index is 501. The first kappa shape index (κ1) is 26.1. The molecule has 0 aliphatic heterocycles. The van der Waals surface area contributed by atoms with Crippen LogP contribution in [0.25, 0.3) is 0 Å². The van der Waals surface area contributed by atoms with Crippen LogP contribution >= 0.6 is 0 Å². The zero-order chi connectivity index (χ0) is 21.0. The van der Waals surface area contributed by atoms with Crippen molar-refractivity contribution in [2.45, 2.75) is 58.9 Å². The molecule has 0 aliphatic carbocycles. The van der Waals surface area contributed by atoms with Gasteiger partial charge in [-0.1, -0.05) is 6.58 Å². The summed E-state index contributed by atoms with van der Waals surface area (Å²) in [5.74, 6) is -0.474. The molecule has 154 valence electrons. The number of carbonyl (C=O) groups excluding carboxylic acids is 1. The molecule has 0 amide bonds. The topological polar surface area (TPSA) is 104 Å². The van der Waals surface area contributed by atoms with Crippen LogP contribution in [0.2, 0.25) is 58.9 Å². The molecule has 0 aliphatic rings. The summed E-state index contributed by atoms with van der Waals surface area (Å²) < 4.78 is 29.1. The van der Waals surface area contributed by atoms with E-state index in [0.29, 0.717) is 0 Å². The van der Waals surface area contributed by atoms with E-state index in [9.17, 15) is 14.4 Å². The lowest BCUT2D eigenvalue weighted by molar-refractivity contribution is -0.136. The van der Waals surface area contributed by atoms with Gasteiger partial charge in [-0.3, -0.25) is 0 Å². The molecule has 13 heteroatoms. The first-order chi connectivity index (χ1) is 11.3. The molecule has 0 unspecified atom stereocenters. The predicted octanol–water partition coefficient (Wildman–Crippen LogP) is 2.19. The molecular weight excluding hydrogens is 425 g/mol. The number of hydrogen-bond acceptors (Lipinski definition) is 8. The van der Waals surface area contributed by atoms with Crippen molar-refractivity contribution < 1.29 is 35.6 Å². The molecular formula is C13H34O8Si5. The van der Waals surface area contributed by atoms with Crippen LogP contribution in [-0.4, -0.2) is 64.6 Å². The van der Waals surface area contributed by atoms with E-state index >= 15 is 0 Å². The molecule has 0 atom stereocenters. The molecule has 0 rings (SSSR count). The highest BCUT2D eigenvalue weighted by Gasteiger charge is 2.46. The van der Waals surface area contributed by atoms with Gasteiger partial charge in [0.05, 0.1) is 0 Å². The van der Waals surface area contributed by atoms with Gasteiger partial charge in [-0.15, -0.1) is 0 Å². The molecule has 0 aromatic heterocycles. The lowest BCUT2D eigenvalue weighted by atomic mass is 10.7. The quantitative estimate of drug-likeness (QED) is 0.276. The Kier molecular flexibility index (Phi) is 9.05. The number of rotatable bonds is 11. The van der Waals surface area contributed by atoms with Crippen LogP contribution in [0, 0.1) is 0 Å². The third kappa shape index (κ3) is 12.4. The molecule has 0 saturated carbocycles. The molecule has 0 bridgehead atoms. The third-order valence-corrected chi connectivity index (χ3v) is 19.1. The van der Waals surface area contributed by atoms with Crippen molar-refractivity contribution in [2.75, 3.05) is 6.23 Å². The number of carbonyl (C=O) groups is 1. The summed E-state index contributed by atoms with van der Waals surface area (Å²) in [6.07, 6.45) is 1.34. The van der Waals surface area contributed by atoms with Crippen LogP contribution < -0.4 is 0 Å². The summed E-state index contributed by atoms with van der Waals surface area (Å²) in [7, 11) is -14.0. The highest BCUT2D eigenvalue weighted by Crippen LogP contribution is 2.25. The molecule has 2 N–H and O–H groups in total. The largest absolute Gasteiger partial charge is 0.483 e. The monoisotopic (exact) mass is 458 g/mol. The molecule has 0 spiro atoms. The van der Waals surface area contributed by atoms with Crippen LogP contribution in [0.5, 0.6) is 0 Å². The number of ether oxygens (including phenoxy) is 1. The normalized spacial score (nSPS) is 14.3. The van der Waals surface area contributed by atoms with E-state index in [1.165, 1.54) is 6.55 Å². The standard InChI is InChI=1S/C13H34O8Si5/c1-11-13(14)17-12-22(2,3)18-23(4,5)19-24(6,7)20-25(8,9)21-26(10,15)16/h11,15-16H,1,12H2,2-10H3. The van der Waals surface area contributed by atoms with E-state index in [2.05, 4.69) is 6.58 Å². The lowest BCUT2D eigenvalue weighted by Crippen LogP contribution is -2.59. The van der Waals surface area contributed by atoms with Crippen LogP contribution in [0.1, 0.15) is 0 Å². The fourth-order valence-corrected chi connectivity index (χ4v) is 23.6. The highest BCUT2D eigenvalue weighted by molar-refractivity contribution is 6.89. The first-order valence-corrected chi connectivity index (χ1v) is 22.2. The molecule has 0 aromatic rings. The van der Waals surface area contributed by atoms with Crippen molar-refractivity contribution in [3.05, 3.63) is 12.7 Å². The second kappa shape index (κ2) is 9.04. The summed E-state index contributed by atoms with van der Waals surface area (Å²) in [5.41, 5.74) is 0. The van der Waals surface area contributed by atoms with E-state index in [1.807, 2.05) is 39.3 Å². The predicted molar refractivity (Wildman–Crippen MR) is 111 cm³/mol. The number of hydrogen-bond donors (Lipinski definition) is 2. The Morgan fingerprint density at radius 3 is 1.58 bits per heavy atom. The van der Waals surface area contributed by atoms with Gasteiger partial charge < -0.3 is 30.8 Å². The Morgan fingerprint density at radius 2 is 1.19 bits per heavy atom. The van der Waals surface area contributed by atoms with Gasteiger partial charge in [0, 0.05) is 12.6 Å². The summed E-state index contributed by atoms with van der Waals surface area (Å²) in [4.78, 5) is 30.5. The second-order valence-electron chi connectivity index (χ2n) is 8.11. The SMILES string of the molecule is C=CC(=O)OC[Si](C)(C)O[Si](C)(C)O[Si](C)(C)O[Si](C)(C)O[Si](C)(O)O. The van der Waals surface area contributed by atoms with E-state index < -0.39 is 48.8 Å². The molecule has 0 aromatic carbocycles. The maximum atomic E-state index is 11.3. The minimum Gasteiger partial charge on any atom is -0.463 e. The van der Waals surface area contributed by atoms with Gasteiger partial charge in [0.25, 0.3) is 0 Å². The highest BCUT2D eigenvalue weighted by atomic mass is 28.5. The minimum atomic E-state index is -3.68. The van der Waals surface area contributed by atoms with Gasteiger partial charge in [0.1, 0.15) is 6.23 Å². The Morgan fingerprint density at radius 1 is 0.808 bits per heavy atom. The zero-order valence-corrected chi connectivity index (χ0v) is 22.3. The van der Waals surface area contributed by atoms with Gasteiger partial charge in [-0.25, -0.2) is 4.79 Å². The molecule has 0 saturated heterocycles. The summed E-state index contributed by atoms with van der Waals surface area (Å²) in [6, 6.07) is 0. The van der Waals surface area contributed by atoms with Crippen LogP contribution in [0.3, 0.4) is 0 Å². The van der Waals surface area contributed by atoms with Crippen molar-refractivity contribution in [2.24, 2.45) is 0 Å². The van der Waals surface area contributed by atoms with Crippen molar-refractivity contribution in [3.8, 4) is 0 Å². The maximum absolute atomic E-state index is 11.3. The van der Waals surface area contributed by atoms with Crippen molar-refractivity contribution in [1.82, 2.24) is 0 Å². The summed E-state index contributed by atoms with van der Waals surface area (Å²) in [6.45, 7) is 19.7. The fraction of sp³-hybridized carbons (Fsp3) is 0.769. The van der Waals surface area contributed by atoms with Crippen molar-refractivity contribution >= 4 is 48.8 Å². The van der Waals surface area contributed by atoms with E-state index in [0.717, 1.165) is 6.08 Å². The third-order valence-electron chi connectivity index (χ3n) is 2.67. The van der Waals surface area contributed by atoms with E-state index in [1.54, 1.807) is 13.1 Å². The van der Waals surface area contributed by atoms with E-state index in [-0.39, 0.29) is 6.23 Å². The van der Waals surface area contributed by atoms with Crippen molar-refractivity contribution in [1.29, 1.82) is 0 Å². The maximum Gasteiger partial charge on any atom is 0.483 e. The van der Waals surface area contributed by atoms with Gasteiger partial charge in [0.15, 0.2) is 0 Å². The van der Waals surface area contributed by atoms with Crippen LogP contribution in [-0.2, 0) is 26.0 Å². The minimum absolute atomic E-state index is 0.211. The smallest absolute Gasteiger partial charge is 0.463 e. The Balaban J connectivity index is 4.93. The summed E-state index contributed by atoms with van der Waals surface area (Å²) in [5, 5.41) is 0. The lowest BCUT2D eigenvalue weighted by Gasteiger charge is -2.41. The second-order valence-corrected chi connectivity index (χ2v) is 25.5. The molecule has 0 heterocycles.